The number of hydrogen-bond donors (Lipinski definition) is 1. The highest BCUT2D eigenvalue weighted by atomic mass is 32.1. The van der Waals surface area contributed by atoms with Crippen molar-refractivity contribution in [1.82, 2.24) is 10.2 Å². The molecule has 0 fully saturated rings. The Morgan fingerprint density at radius 2 is 2.20 bits per heavy atom. The maximum absolute atomic E-state index is 11.7. The van der Waals surface area contributed by atoms with Crippen LogP contribution in [0.25, 0.3) is 6.08 Å². The Labute approximate surface area is 120 Å². The molecular formula is C13H13N3O3S. The number of methoxy groups -OCH3 is 2. The van der Waals surface area contributed by atoms with Crippen LogP contribution in [-0.2, 0) is 4.79 Å². The minimum atomic E-state index is -0.278. The van der Waals surface area contributed by atoms with Crippen molar-refractivity contribution in [2.24, 2.45) is 0 Å². The number of nitrogens with zero attached hydrogens (tertiary/aromatic N) is 2. The van der Waals surface area contributed by atoms with Gasteiger partial charge in [0.1, 0.15) is 17.0 Å². The van der Waals surface area contributed by atoms with Gasteiger partial charge in [-0.15, -0.1) is 10.2 Å². The van der Waals surface area contributed by atoms with E-state index in [1.165, 1.54) is 17.4 Å². The number of anilines is 1. The quantitative estimate of drug-likeness (QED) is 0.855. The first kappa shape index (κ1) is 14.0. The molecule has 6 nitrogen and oxygen atoms in total. The van der Waals surface area contributed by atoms with Crippen LogP contribution in [0, 0.1) is 0 Å². The zero-order valence-corrected chi connectivity index (χ0v) is 11.8. The summed E-state index contributed by atoms with van der Waals surface area (Å²) in [5.41, 5.74) is 2.33. The molecule has 1 amide bonds. The molecule has 1 aromatic heterocycles. The standard InChI is InChI=1S/C13H13N3O3S/c1-18-10-5-3-9(11(7-10)19-2)4-6-12(17)15-13-16-14-8-20-13/h3-8H,1-2H3,(H,15,16,17)/b6-4+. The Morgan fingerprint density at radius 3 is 2.85 bits per heavy atom. The number of carbonyl (C=O) groups excluding carboxylic acids is 1. The third-order valence-electron chi connectivity index (χ3n) is 2.45. The second-order valence-corrected chi connectivity index (χ2v) is 4.51. The van der Waals surface area contributed by atoms with Crippen LogP contribution in [0.3, 0.4) is 0 Å². The van der Waals surface area contributed by atoms with Crippen molar-refractivity contribution in [1.29, 1.82) is 0 Å². The molecule has 0 radical (unpaired) electrons. The molecule has 2 aromatic rings. The number of benzene rings is 1. The number of nitrogens with one attached hydrogen (secondary N) is 1. The largest absolute Gasteiger partial charge is 0.497 e. The zero-order chi connectivity index (χ0) is 14.4. The van der Waals surface area contributed by atoms with E-state index in [1.807, 2.05) is 6.07 Å². The number of aromatic nitrogens is 2. The summed E-state index contributed by atoms with van der Waals surface area (Å²) in [5, 5.41) is 10.4. The molecule has 1 N–H and O–H groups in total. The van der Waals surface area contributed by atoms with Gasteiger partial charge in [0.15, 0.2) is 0 Å². The Bertz CT molecular complexity index is 611. The normalized spacial score (nSPS) is 10.5. The number of amides is 1. The highest BCUT2D eigenvalue weighted by molar-refractivity contribution is 7.13. The van der Waals surface area contributed by atoms with E-state index in [9.17, 15) is 4.79 Å². The number of hydrogen-bond acceptors (Lipinski definition) is 6. The van der Waals surface area contributed by atoms with E-state index in [-0.39, 0.29) is 5.91 Å². The van der Waals surface area contributed by atoms with E-state index in [0.29, 0.717) is 16.6 Å². The molecule has 0 saturated heterocycles. The monoisotopic (exact) mass is 291 g/mol. The molecule has 1 aromatic carbocycles. The number of rotatable bonds is 5. The Kier molecular flexibility index (Phi) is 4.67. The first-order valence-corrected chi connectivity index (χ1v) is 6.58. The number of carbonyl (C=O) groups is 1. The van der Waals surface area contributed by atoms with Crippen molar-refractivity contribution in [3.8, 4) is 11.5 Å². The summed E-state index contributed by atoms with van der Waals surface area (Å²) < 4.78 is 10.4. The first-order valence-electron chi connectivity index (χ1n) is 5.70. The molecular weight excluding hydrogens is 278 g/mol. The van der Waals surface area contributed by atoms with Crippen LogP contribution < -0.4 is 14.8 Å². The van der Waals surface area contributed by atoms with Gasteiger partial charge in [0, 0.05) is 17.7 Å². The second-order valence-electron chi connectivity index (χ2n) is 3.67. The Balaban J connectivity index is 2.08. The summed E-state index contributed by atoms with van der Waals surface area (Å²) in [6.45, 7) is 0. The van der Waals surface area contributed by atoms with Crippen LogP contribution in [0.1, 0.15) is 5.56 Å². The van der Waals surface area contributed by atoms with Gasteiger partial charge in [0.2, 0.25) is 11.0 Å². The molecule has 0 aliphatic heterocycles. The third-order valence-corrected chi connectivity index (χ3v) is 3.05. The lowest BCUT2D eigenvalue weighted by Crippen LogP contribution is -2.07. The van der Waals surface area contributed by atoms with E-state index >= 15 is 0 Å². The van der Waals surface area contributed by atoms with Gasteiger partial charge in [0.25, 0.3) is 0 Å². The highest BCUT2D eigenvalue weighted by Crippen LogP contribution is 2.25. The van der Waals surface area contributed by atoms with E-state index in [1.54, 1.807) is 37.9 Å². The molecule has 7 heteroatoms. The minimum absolute atomic E-state index is 0.278. The summed E-state index contributed by atoms with van der Waals surface area (Å²) in [6, 6.07) is 5.36. The van der Waals surface area contributed by atoms with Gasteiger partial charge in [-0.25, -0.2) is 0 Å². The second kappa shape index (κ2) is 6.67. The van der Waals surface area contributed by atoms with E-state index in [2.05, 4.69) is 15.5 Å². The predicted octanol–water partition coefficient (Wildman–Crippen LogP) is 2.21. The van der Waals surface area contributed by atoms with Crippen LogP contribution >= 0.6 is 11.3 Å². The first-order chi connectivity index (χ1) is 9.72. The van der Waals surface area contributed by atoms with Crippen LogP contribution in [0.2, 0.25) is 0 Å². The smallest absolute Gasteiger partial charge is 0.250 e. The summed E-state index contributed by atoms with van der Waals surface area (Å²) >= 11 is 1.26. The van der Waals surface area contributed by atoms with Crippen LogP contribution in [0.15, 0.2) is 29.8 Å². The summed E-state index contributed by atoms with van der Waals surface area (Å²) in [7, 11) is 3.15. The highest BCUT2D eigenvalue weighted by Gasteiger charge is 2.04. The topological polar surface area (TPSA) is 73.3 Å². The van der Waals surface area contributed by atoms with Crippen LogP contribution in [-0.4, -0.2) is 30.3 Å². The average molecular weight is 291 g/mol. The molecule has 0 bridgehead atoms. The van der Waals surface area contributed by atoms with E-state index in [4.69, 9.17) is 9.47 Å². The fraction of sp³-hybridized carbons (Fsp3) is 0.154. The number of ether oxygens (including phenoxy) is 2. The lowest BCUT2D eigenvalue weighted by molar-refractivity contribution is -0.111. The van der Waals surface area contributed by atoms with E-state index in [0.717, 1.165) is 5.56 Å². The molecule has 0 aliphatic carbocycles. The predicted molar refractivity (Wildman–Crippen MR) is 77.1 cm³/mol. The zero-order valence-electron chi connectivity index (χ0n) is 11.0. The maximum Gasteiger partial charge on any atom is 0.250 e. The van der Waals surface area contributed by atoms with Gasteiger partial charge in [-0.2, -0.15) is 0 Å². The molecule has 0 saturated carbocycles. The van der Waals surface area contributed by atoms with Crippen molar-refractivity contribution in [3.05, 3.63) is 35.3 Å². The van der Waals surface area contributed by atoms with Crippen molar-refractivity contribution < 1.29 is 14.3 Å². The molecule has 0 spiro atoms. The Morgan fingerprint density at radius 1 is 1.35 bits per heavy atom. The summed E-state index contributed by atoms with van der Waals surface area (Å²) in [5.74, 6) is 1.04. The fourth-order valence-corrected chi connectivity index (χ4v) is 1.94. The molecule has 1 heterocycles. The molecule has 0 atom stereocenters. The van der Waals surface area contributed by atoms with Gasteiger partial charge in [0.05, 0.1) is 14.2 Å². The van der Waals surface area contributed by atoms with Crippen LogP contribution in [0.4, 0.5) is 5.13 Å². The summed E-state index contributed by atoms with van der Waals surface area (Å²) in [4.78, 5) is 11.7. The van der Waals surface area contributed by atoms with Crippen molar-refractivity contribution in [2.75, 3.05) is 19.5 Å². The molecule has 0 unspecified atom stereocenters. The third kappa shape index (κ3) is 3.55. The summed E-state index contributed by atoms with van der Waals surface area (Å²) in [6.07, 6.45) is 3.07. The minimum Gasteiger partial charge on any atom is -0.497 e. The fourth-order valence-electron chi connectivity index (χ4n) is 1.50. The van der Waals surface area contributed by atoms with Crippen molar-refractivity contribution in [2.45, 2.75) is 0 Å². The van der Waals surface area contributed by atoms with Gasteiger partial charge in [-0.05, 0) is 18.2 Å². The van der Waals surface area contributed by atoms with Gasteiger partial charge < -0.3 is 9.47 Å². The SMILES string of the molecule is COc1ccc(/C=C/C(=O)Nc2nncs2)c(OC)c1. The van der Waals surface area contributed by atoms with E-state index < -0.39 is 0 Å². The lowest BCUT2D eigenvalue weighted by Gasteiger charge is -2.07. The van der Waals surface area contributed by atoms with Crippen LogP contribution in [0.5, 0.6) is 11.5 Å². The average Bonchev–Trinajstić information content (AvgIpc) is 2.97. The van der Waals surface area contributed by atoms with Gasteiger partial charge in [-0.3, -0.25) is 10.1 Å². The molecule has 104 valence electrons. The molecule has 2 rings (SSSR count). The van der Waals surface area contributed by atoms with Crippen molar-refractivity contribution >= 4 is 28.5 Å². The lowest BCUT2D eigenvalue weighted by atomic mass is 10.1. The molecule has 0 aliphatic rings. The van der Waals surface area contributed by atoms with Gasteiger partial charge in [-0.1, -0.05) is 11.3 Å². The van der Waals surface area contributed by atoms with Gasteiger partial charge >= 0.3 is 0 Å². The molecule has 20 heavy (non-hydrogen) atoms. The van der Waals surface area contributed by atoms with Crippen molar-refractivity contribution in [3.63, 3.8) is 0 Å². The Hall–Kier alpha value is -2.41. The maximum atomic E-state index is 11.7.